The number of benzene rings is 1. The number of hydroxylamine groups is 2. The molecule has 2 heterocycles. The number of nitrogens with zero attached hydrogens (tertiary/aromatic N) is 2. The van der Waals surface area contributed by atoms with Crippen molar-refractivity contribution >= 4 is 35.5 Å². The van der Waals surface area contributed by atoms with E-state index in [4.69, 9.17) is 4.84 Å². The maximum atomic E-state index is 13.1. The predicted octanol–water partition coefficient (Wildman–Crippen LogP) is 1.40. The first-order chi connectivity index (χ1) is 11.9. The third-order valence-electron chi connectivity index (χ3n) is 3.98. The van der Waals surface area contributed by atoms with E-state index in [-0.39, 0.29) is 24.5 Å². The fourth-order valence-corrected chi connectivity index (χ4v) is 4.23. The molecule has 0 aromatic heterocycles. The Hall–Kier alpha value is -2.42. The van der Waals surface area contributed by atoms with Crippen LogP contribution in [-0.4, -0.2) is 45.4 Å². The van der Waals surface area contributed by atoms with E-state index in [1.54, 1.807) is 12.1 Å². The fourth-order valence-electron chi connectivity index (χ4n) is 2.77. The van der Waals surface area contributed by atoms with Gasteiger partial charge in [-0.25, -0.2) is 9.18 Å². The van der Waals surface area contributed by atoms with Crippen molar-refractivity contribution in [3.05, 3.63) is 35.6 Å². The molecule has 2 unspecified atom stereocenters. The molecule has 2 saturated heterocycles. The van der Waals surface area contributed by atoms with Crippen molar-refractivity contribution in [2.75, 3.05) is 5.75 Å². The fraction of sp³-hybridized carbons (Fsp3) is 0.375. The lowest BCUT2D eigenvalue weighted by atomic mass is 10.1. The highest BCUT2D eigenvalue weighted by Gasteiger charge is 2.44. The Morgan fingerprint density at radius 1 is 1.16 bits per heavy atom. The number of rotatable bonds is 3. The first-order valence-electron chi connectivity index (χ1n) is 7.62. The molecule has 1 aromatic carbocycles. The van der Waals surface area contributed by atoms with Crippen LogP contribution in [0.15, 0.2) is 24.3 Å². The van der Waals surface area contributed by atoms with Crippen LogP contribution < -0.4 is 0 Å². The Bertz CT molecular complexity index is 723. The standard InChI is InChI=1S/C16H15FN2O5S/c1-9(20)18-12(16(23)24-19-13(21)6-7-14(19)22)8-25-15(18)10-2-4-11(17)5-3-10/h2-5,12,15H,6-8H2,1H3. The van der Waals surface area contributed by atoms with Crippen LogP contribution in [0, 0.1) is 5.82 Å². The highest BCUT2D eigenvalue weighted by Crippen LogP contribution is 2.41. The molecular formula is C16H15FN2O5S. The van der Waals surface area contributed by atoms with Crippen LogP contribution >= 0.6 is 11.8 Å². The van der Waals surface area contributed by atoms with Gasteiger partial charge in [0.15, 0.2) is 0 Å². The summed E-state index contributed by atoms with van der Waals surface area (Å²) >= 11 is 1.33. The Morgan fingerprint density at radius 3 is 2.32 bits per heavy atom. The molecule has 2 aliphatic heterocycles. The molecule has 132 valence electrons. The quantitative estimate of drug-likeness (QED) is 0.752. The Morgan fingerprint density at radius 2 is 1.76 bits per heavy atom. The molecule has 0 saturated carbocycles. The number of halogens is 1. The summed E-state index contributed by atoms with van der Waals surface area (Å²) in [6.45, 7) is 1.31. The number of imide groups is 1. The molecule has 0 radical (unpaired) electrons. The van der Waals surface area contributed by atoms with E-state index >= 15 is 0 Å². The zero-order valence-corrected chi connectivity index (χ0v) is 14.1. The van der Waals surface area contributed by atoms with Crippen molar-refractivity contribution in [2.45, 2.75) is 31.2 Å². The summed E-state index contributed by atoms with van der Waals surface area (Å²) in [6.07, 6.45) is 0.000312. The maximum absolute atomic E-state index is 13.1. The highest BCUT2D eigenvalue weighted by molar-refractivity contribution is 7.99. The zero-order chi connectivity index (χ0) is 18.1. The minimum absolute atomic E-state index is 0.000156. The second-order valence-corrected chi connectivity index (χ2v) is 6.78. The van der Waals surface area contributed by atoms with Gasteiger partial charge in [-0.05, 0) is 17.7 Å². The molecule has 0 spiro atoms. The van der Waals surface area contributed by atoms with Gasteiger partial charge in [-0.15, -0.1) is 16.8 Å². The normalized spacial score (nSPS) is 23.3. The summed E-state index contributed by atoms with van der Waals surface area (Å²) in [5.41, 5.74) is 0.672. The van der Waals surface area contributed by atoms with E-state index in [9.17, 15) is 23.6 Å². The van der Waals surface area contributed by atoms with Gasteiger partial charge in [0, 0.05) is 25.5 Å². The van der Waals surface area contributed by atoms with E-state index in [0.29, 0.717) is 10.6 Å². The van der Waals surface area contributed by atoms with Crippen LogP contribution in [0.3, 0.4) is 0 Å². The van der Waals surface area contributed by atoms with Crippen LogP contribution in [0.5, 0.6) is 0 Å². The van der Waals surface area contributed by atoms with Crippen molar-refractivity contribution in [1.29, 1.82) is 0 Å². The predicted molar refractivity (Wildman–Crippen MR) is 85.1 cm³/mol. The average molecular weight is 366 g/mol. The molecule has 0 aliphatic carbocycles. The average Bonchev–Trinajstić information content (AvgIpc) is 3.14. The number of amides is 3. The van der Waals surface area contributed by atoms with Crippen LogP contribution in [0.4, 0.5) is 4.39 Å². The lowest BCUT2D eigenvalue weighted by Gasteiger charge is -2.27. The summed E-state index contributed by atoms with van der Waals surface area (Å²) in [5, 5.41) is -0.00285. The molecule has 2 fully saturated rings. The molecule has 0 bridgehead atoms. The van der Waals surface area contributed by atoms with Crippen LogP contribution in [0.1, 0.15) is 30.7 Å². The highest BCUT2D eigenvalue weighted by atomic mass is 32.2. The molecule has 9 heteroatoms. The molecule has 2 aliphatic rings. The molecule has 25 heavy (non-hydrogen) atoms. The summed E-state index contributed by atoms with van der Waals surface area (Å²) in [4.78, 5) is 53.9. The topological polar surface area (TPSA) is 84.0 Å². The van der Waals surface area contributed by atoms with Gasteiger partial charge in [-0.3, -0.25) is 14.4 Å². The summed E-state index contributed by atoms with van der Waals surface area (Å²) in [5.74, 6) is -2.50. The van der Waals surface area contributed by atoms with E-state index in [1.807, 2.05) is 0 Å². The van der Waals surface area contributed by atoms with Crippen LogP contribution in [0.25, 0.3) is 0 Å². The monoisotopic (exact) mass is 366 g/mol. The maximum Gasteiger partial charge on any atom is 0.356 e. The second kappa shape index (κ2) is 6.83. The number of carbonyl (C=O) groups is 4. The molecule has 7 nitrogen and oxygen atoms in total. The Kier molecular flexibility index (Phi) is 4.76. The van der Waals surface area contributed by atoms with E-state index < -0.39 is 35.0 Å². The van der Waals surface area contributed by atoms with Gasteiger partial charge in [0.05, 0.1) is 0 Å². The Balaban J connectivity index is 1.78. The zero-order valence-electron chi connectivity index (χ0n) is 13.3. The molecule has 3 amide bonds. The van der Waals surface area contributed by atoms with Crippen molar-refractivity contribution in [1.82, 2.24) is 9.96 Å². The number of carbonyl (C=O) groups excluding carboxylic acids is 4. The second-order valence-electron chi connectivity index (χ2n) is 5.67. The molecule has 1 aromatic rings. The molecule has 0 N–H and O–H groups in total. The smallest absolute Gasteiger partial charge is 0.328 e. The SMILES string of the molecule is CC(=O)N1C(C(=O)ON2C(=O)CCC2=O)CSC1c1ccc(F)cc1. The van der Waals surface area contributed by atoms with E-state index in [1.165, 1.54) is 35.7 Å². The number of thioether (sulfide) groups is 1. The van der Waals surface area contributed by atoms with Crippen molar-refractivity contribution < 1.29 is 28.4 Å². The first kappa shape index (κ1) is 17.4. The van der Waals surface area contributed by atoms with Crippen LogP contribution in [-0.2, 0) is 24.0 Å². The van der Waals surface area contributed by atoms with Crippen LogP contribution in [0.2, 0.25) is 0 Å². The number of hydrogen-bond acceptors (Lipinski definition) is 6. The van der Waals surface area contributed by atoms with Gasteiger partial charge >= 0.3 is 5.97 Å². The van der Waals surface area contributed by atoms with Gasteiger partial charge in [0.2, 0.25) is 5.91 Å². The minimum atomic E-state index is -0.932. The summed E-state index contributed by atoms with van der Waals surface area (Å²) in [6, 6.07) is 4.72. The van der Waals surface area contributed by atoms with Gasteiger partial charge < -0.3 is 9.74 Å². The van der Waals surface area contributed by atoms with Crippen molar-refractivity contribution in [3.63, 3.8) is 0 Å². The van der Waals surface area contributed by atoms with E-state index in [0.717, 1.165) is 0 Å². The molecule has 2 atom stereocenters. The largest absolute Gasteiger partial charge is 0.356 e. The van der Waals surface area contributed by atoms with E-state index in [2.05, 4.69) is 0 Å². The lowest BCUT2D eigenvalue weighted by molar-refractivity contribution is -0.200. The lowest BCUT2D eigenvalue weighted by Crippen LogP contribution is -2.45. The first-order valence-corrected chi connectivity index (χ1v) is 8.67. The minimum Gasteiger partial charge on any atom is -0.328 e. The number of hydrogen-bond donors (Lipinski definition) is 0. The van der Waals surface area contributed by atoms with Gasteiger partial charge in [-0.1, -0.05) is 12.1 Å². The summed E-state index contributed by atoms with van der Waals surface area (Å²) in [7, 11) is 0. The molecule has 3 rings (SSSR count). The molecular weight excluding hydrogens is 351 g/mol. The van der Waals surface area contributed by atoms with Crippen molar-refractivity contribution in [2.24, 2.45) is 0 Å². The summed E-state index contributed by atoms with van der Waals surface area (Å²) < 4.78 is 13.1. The third-order valence-corrected chi connectivity index (χ3v) is 5.30. The van der Waals surface area contributed by atoms with Gasteiger partial charge in [0.25, 0.3) is 11.8 Å². The Labute approximate surface area is 147 Å². The van der Waals surface area contributed by atoms with Gasteiger partial charge in [0.1, 0.15) is 17.2 Å². The third kappa shape index (κ3) is 3.37. The van der Waals surface area contributed by atoms with Crippen molar-refractivity contribution in [3.8, 4) is 0 Å². The van der Waals surface area contributed by atoms with Gasteiger partial charge in [-0.2, -0.15) is 0 Å².